The zero-order chi connectivity index (χ0) is 34.8. The van der Waals surface area contributed by atoms with Gasteiger partial charge >= 0.3 is 0 Å². The Morgan fingerprint density at radius 1 is 0.960 bits per heavy atom. The van der Waals surface area contributed by atoms with Crippen LogP contribution in [0.5, 0.6) is 5.75 Å². The molecule has 1 aliphatic carbocycles. The Labute approximate surface area is 307 Å². The lowest BCUT2D eigenvalue weighted by Crippen LogP contribution is -2.57. The molecule has 10 heteroatoms. The zero-order valence-corrected chi connectivity index (χ0v) is 31.9. The highest BCUT2D eigenvalue weighted by atomic mass is 35.5. The van der Waals surface area contributed by atoms with Crippen LogP contribution in [-0.4, -0.2) is 96.8 Å². The molecule has 0 spiro atoms. The summed E-state index contributed by atoms with van der Waals surface area (Å²) in [5.41, 5.74) is 4.11. The molecule has 50 heavy (non-hydrogen) atoms. The van der Waals surface area contributed by atoms with Gasteiger partial charge in [-0.05, 0) is 104 Å². The van der Waals surface area contributed by atoms with E-state index in [-0.39, 0.29) is 23.0 Å². The van der Waals surface area contributed by atoms with Crippen molar-refractivity contribution in [2.45, 2.75) is 82.9 Å². The molecule has 2 aromatic carbocycles. The van der Waals surface area contributed by atoms with Gasteiger partial charge in [-0.2, -0.15) is 0 Å². The smallest absolute Gasteiger partial charge is 0.263 e. The third-order valence-corrected chi connectivity index (χ3v) is 14.4. The molecular formula is C40H57ClN4O4S. The number of rotatable bonds is 6. The summed E-state index contributed by atoms with van der Waals surface area (Å²) in [6.07, 6.45) is 7.91. The van der Waals surface area contributed by atoms with E-state index in [1.807, 2.05) is 31.2 Å². The molecule has 274 valence electrons. The van der Waals surface area contributed by atoms with E-state index in [1.54, 1.807) is 0 Å². The number of halogens is 1. The van der Waals surface area contributed by atoms with Crippen molar-refractivity contribution < 1.29 is 18.5 Å². The van der Waals surface area contributed by atoms with E-state index in [0.29, 0.717) is 36.0 Å². The Bertz CT molecular complexity index is 1510. The number of piperazine rings is 1. The first-order chi connectivity index (χ1) is 24.3. The van der Waals surface area contributed by atoms with Gasteiger partial charge in [0, 0.05) is 62.3 Å². The number of nitrogens with zero attached hydrogens (tertiary/aromatic N) is 3. The van der Waals surface area contributed by atoms with E-state index in [9.17, 15) is 9.00 Å². The molecule has 7 rings (SSSR count). The van der Waals surface area contributed by atoms with Gasteiger partial charge < -0.3 is 19.3 Å². The number of benzene rings is 2. The topological polar surface area (TPSA) is 74.3 Å². The normalized spacial score (nSPS) is 31.8. The highest BCUT2D eigenvalue weighted by Gasteiger charge is 2.40. The van der Waals surface area contributed by atoms with Crippen LogP contribution in [0.4, 0.5) is 5.69 Å². The fourth-order valence-electron chi connectivity index (χ4n) is 9.09. The standard InChI is InChI=1S/C40H57ClN4O4S/c1-4-6-29-19-34(41)11-13-36(29)33-23-45-22-32-9-12-37(32)31(21-43-15-17-44(18-16-43)35-25-48-26-35)8-5-7-27(2)28(3)50(47)42-40(46)30-10-14-39(49-24-33)38(45)20-30/h10-11,13-14,19-20,27-28,31-33,35,37H,4-9,12,15-18,21-26H2,1-3H3,(H,42,46). The van der Waals surface area contributed by atoms with Crippen LogP contribution in [0, 0.1) is 23.7 Å². The second-order valence-corrected chi connectivity index (χ2v) is 17.8. The predicted molar refractivity (Wildman–Crippen MR) is 203 cm³/mol. The Balaban J connectivity index is 1.17. The van der Waals surface area contributed by atoms with Crippen LogP contribution >= 0.6 is 11.6 Å². The first kappa shape index (κ1) is 36.2. The van der Waals surface area contributed by atoms with E-state index >= 15 is 0 Å². The summed E-state index contributed by atoms with van der Waals surface area (Å²) in [5, 5.41) is 0.655. The fraction of sp³-hybridized carbons (Fsp3) is 0.675. The molecule has 7 unspecified atom stereocenters. The predicted octanol–water partition coefficient (Wildman–Crippen LogP) is 6.54. The van der Waals surface area contributed by atoms with Crippen LogP contribution in [0.15, 0.2) is 36.4 Å². The van der Waals surface area contributed by atoms with Crippen LogP contribution in [0.1, 0.15) is 86.7 Å². The van der Waals surface area contributed by atoms with Crippen molar-refractivity contribution in [2.75, 3.05) is 70.5 Å². The number of nitrogens with one attached hydrogen (secondary N) is 1. The van der Waals surface area contributed by atoms with Crippen LogP contribution in [0.3, 0.4) is 0 Å². The molecule has 1 N–H and O–H groups in total. The molecule has 2 bridgehead atoms. The van der Waals surface area contributed by atoms with Gasteiger partial charge in [0.15, 0.2) is 0 Å². The highest BCUT2D eigenvalue weighted by molar-refractivity contribution is 7.84. The first-order valence-electron chi connectivity index (χ1n) is 19.3. The van der Waals surface area contributed by atoms with Gasteiger partial charge in [-0.25, -0.2) is 4.21 Å². The summed E-state index contributed by atoms with van der Waals surface area (Å²) in [6.45, 7) is 16.3. The second-order valence-electron chi connectivity index (χ2n) is 15.8. The zero-order valence-electron chi connectivity index (χ0n) is 30.3. The van der Waals surface area contributed by atoms with E-state index in [1.165, 1.54) is 36.9 Å². The Morgan fingerprint density at radius 3 is 2.50 bits per heavy atom. The lowest BCUT2D eigenvalue weighted by molar-refractivity contribution is -0.0789. The Morgan fingerprint density at radius 2 is 1.78 bits per heavy atom. The van der Waals surface area contributed by atoms with Crippen molar-refractivity contribution >= 4 is 34.2 Å². The van der Waals surface area contributed by atoms with Crippen LogP contribution in [-0.2, 0) is 22.1 Å². The molecular weight excluding hydrogens is 668 g/mol. The number of aryl methyl sites for hydroxylation is 1. The molecule has 1 amide bonds. The number of amides is 1. The molecule has 2 aromatic rings. The third kappa shape index (κ3) is 8.07. The van der Waals surface area contributed by atoms with Gasteiger partial charge in [-0.1, -0.05) is 44.4 Å². The van der Waals surface area contributed by atoms with Crippen molar-refractivity contribution in [2.24, 2.45) is 23.7 Å². The minimum Gasteiger partial charge on any atom is -0.491 e. The maximum atomic E-state index is 13.5. The molecule has 1 saturated carbocycles. The number of hydrogen-bond acceptors (Lipinski definition) is 7. The maximum absolute atomic E-state index is 13.5. The summed E-state index contributed by atoms with van der Waals surface area (Å²) in [6, 6.07) is 12.7. The van der Waals surface area contributed by atoms with Gasteiger partial charge in [-0.3, -0.25) is 14.4 Å². The van der Waals surface area contributed by atoms with Crippen molar-refractivity contribution in [1.29, 1.82) is 0 Å². The quantitative estimate of drug-likeness (QED) is 0.363. The fourth-order valence-corrected chi connectivity index (χ4v) is 10.3. The largest absolute Gasteiger partial charge is 0.491 e. The minimum atomic E-state index is -1.47. The Hall–Kier alpha value is -2.17. The highest BCUT2D eigenvalue weighted by Crippen LogP contribution is 2.45. The van der Waals surface area contributed by atoms with Gasteiger partial charge in [0.05, 0.1) is 36.8 Å². The van der Waals surface area contributed by atoms with Crippen molar-refractivity contribution in [3.05, 3.63) is 58.1 Å². The number of carbonyl (C=O) groups is 1. The van der Waals surface area contributed by atoms with E-state index in [0.717, 1.165) is 94.6 Å². The van der Waals surface area contributed by atoms with Crippen LogP contribution < -0.4 is 14.4 Å². The molecule has 5 aliphatic rings. The number of carbonyl (C=O) groups excluding carboxylic acids is 1. The summed E-state index contributed by atoms with van der Waals surface area (Å²) < 4.78 is 28.4. The monoisotopic (exact) mass is 724 g/mol. The number of hydrogen-bond donors (Lipinski definition) is 1. The van der Waals surface area contributed by atoms with E-state index < -0.39 is 11.0 Å². The van der Waals surface area contributed by atoms with Crippen molar-refractivity contribution in [3.8, 4) is 5.75 Å². The van der Waals surface area contributed by atoms with Gasteiger partial charge in [0.2, 0.25) is 0 Å². The lowest BCUT2D eigenvalue weighted by Gasteiger charge is -2.48. The summed E-state index contributed by atoms with van der Waals surface area (Å²) in [5.74, 6) is 2.87. The molecule has 8 nitrogen and oxygen atoms in total. The van der Waals surface area contributed by atoms with Crippen molar-refractivity contribution in [1.82, 2.24) is 14.5 Å². The molecule has 0 radical (unpaired) electrons. The number of fused-ring (bicyclic) bond motifs is 2. The van der Waals surface area contributed by atoms with Crippen LogP contribution in [0.2, 0.25) is 5.02 Å². The lowest BCUT2D eigenvalue weighted by atomic mass is 9.65. The molecule has 7 atom stereocenters. The Kier molecular flexibility index (Phi) is 11.8. The molecule has 0 aromatic heterocycles. The maximum Gasteiger partial charge on any atom is 0.263 e. The molecule has 4 heterocycles. The SMILES string of the molecule is CCCc1cc(Cl)ccc1C1COc2ccc3cc2N(C1)CC1CCC1C(CN1CCN(C2COC2)CC1)CCCC(C)C(C)S(=O)NC3=O. The third-order valence-electron chi connectivity index (χ3n) is 12.6. The number of ether oxygens (including phenoxy) is 2. The first-order valence-corrected chi connectivity index (χ1v) is 20.9. The van der Waals surface area contributed by atoms with Gasteiger partial charge in [-0.15, -0.1) is 0 Å². The minimum absolute atomic E-state index is 0.122. The van der Waals surface area contributed by atoms with Crippen molar-refractivity contribution in [3.63, 3.8) is 0 Å². The number of anilines is 1. The molecule has 2 saturated heterocycles. The van der Waals surface area contributed by atoms with E-state index in [4.69, 9.17) is 21.1 Å². The second kappa shape index (κ2) is 16.2. The summed E-state index contributed by atoms with van der Waals surface area (Å²) in [4.78, 5) is 21.4. The van der Waals surface area contributed by atoms with E-state index in [2.05, 4.69) is 45.4 Å². The van der Waals surface area contributed by atoms with Gasteiger partial charge in [0.1, 0.15) is 16.7 Å². The molecule has 4 aliphatic heterocycles. The summed E-state index contributed by atoms with van der Waals surface area (Å²) in [7, 11) is -1.47. The van der Waals surface area contributed by atoms with Crippen LogP contribution in [0.25, 0.3) is 0 Å². The average Bonchev–Trinajstić information content (AvgIpc) is 3.25. The average molecular weight is 725 g/mol. The molecule has 3 fully saturated rings. The summed E-state index contributed by atoms with van der Waals surface area (Å²) >= 11 is 6.49. The van der Waals surface area contributed by atoms with Gasteiger partial charge in [0.25, 0.3) is 5.91 Å².